The number of carbonyl (C=O) groups is 1. The van der Waals surface area contributed by atoms with Gasteiger partial charge in [-0.05, 0) is 19.4 Å². The van der Waals surface area contributed by atoms with E-state index < -0.39 is 21.7 Å². The van der Waals surface area contributed by atoms with E-state index in [1.807, 2.05) is 0 Å². The van der Waals surface area contributed by atoms with Gasteiger partial charge in [0.2, 0.25) is 15.9 Å². The van der Waals surface area contributed by atoms with Gasteiger partial charge in [0.1, 0.15) is 5.75 Å². The molecule has 0 aromatic rings. The fourth-order valence-corrected chi connectivity index (χ4v) is 2.82. The highest BCUT2D eigenvalue weighted by atomic mass is 35.5. The molecule has 0 heterocycles. The zero-order valence-electron chi connectivity index (χ0n) is 11.0. The van der Waals surface area contributed by atoms with Crippen molar-refractivity contribution in [1.29, 1.82) is 0 Å². The first-order valence-electron chi connectivity index (χ1n) is 5.92. The minimum atomic E-state index is -3.47. The molecule has 0 aliphatic heterocycles. The normalized spacial score (nSPS) is 11.1. The lowest BCUT2D eigenvalue weighted by atomic mass is 10.3. The molecule has 0 aromatic carbocycles. The van der Waals surface area contributed by atoms with Crippen molar-refractivity contribution in [3.8, 4) is 0 Å². The van der Waals surface area contributed by atoms with Crippen LogP contribution in [0.1, 0.15) is 26.7 Å². The van der Waals surface area contributed by atoms with Gasteiger partial charge >= 0.3 is 0 Å². The SMILES string of the molecule is CCN(CC)S(=O)(=O)CC(=O)NCCCCN.Cl. The number of unbranched alkanes of at least 4 members (excludes halogenated alkanes) is 1. The fraction of sp³-hybridized carbons (Fsp3) is 0.900. The predicted octanol–water partition coefficient (Wildman–Crippen LogP) is -0.0651. The van der Waals surface area contributed by atoms with Crippen molar-refractivity contribution in [2.24, 2.45) is 5.73 Å². The summed E-state index contributed by atoms with van der Waals surface area (Å²) in [5, 5.41) is 2.58. The van der Waals surface area contributed by atoms with Gasteiger partial charge in [-0.1, -0.05) is 13.8 Å². The molecule has 0 aliphatic rings. The van der Waals surface area contributed by atoms with Gasteiger partial charge in [-0.3, -0.25) is 4.79 Å². The van der Waals surface area contributed by atoms with Crippen LogP contribution in [-0.4, -0.2) is 50.6 Å². The molecule has 0 aromatic heterocycles. The Morgan fingerprint density at radius 3 is 2.22 bits per heavy atom. The van der Waals surface area contributed by atoms with Gasteiger partial charge in [0.25, 0.3) is 0 Å². The third kappa shape index (κ3) is 7.86. The van der Waals surface area contributed by atoms with Crippen LogP contribution in [0.15, 0.2) is 0 Å². The Kier molecular flexibility index (Phi) is 11.7. The van der Waals surface area contributed by atoms with Crippen molar-refractivity contribution in [3.63, 3.8) is 0 Å². The number of amides is 1. The van der Waals surface area contributed by atoms with Crippen LogP contribution in [0.4, 0.5) is 0 Å². The maximum absolute atomic E-state index is 11.7. The second-order valence-corrected chi connectivity index (χ2v) is 5.66. The van der Waals surface area contributed by atoms with Crippen LogP contribution in [0.5, 0.6) is 0 Å². The number of carbonyl (C=O) groups excluding carboxylic acids is 1. The predicted molar refractivity (Wildman–Crippen MR) is 75.3 cm³/mol. The molecule has 0 atom stereocenters. The Hall–Kier alpha value is -0.370. The molecule has 6 nitrogen and oxygen atoms in total. The largest absolute Gasteiger partial charge is 0.355 e. The van der Waals surface area contributed by atoms with Crippen molar-refractivity contribution >= 4 is 28.3 Å². The highest BCUT2D eigenvalue weighted by molar-refractivity contribution is 7.89. The highest BCUT2D eigenvalue weighted by Gasteiger charge is 2.22. The summed E-state index contributed by atoms with van der Waals surface area (Å²) < 4.78 is 24.8. The fourth-order valence-electron chi connectivity index (χ4n) is 1.42. The van der Waals surface area contributed by atoms with Gasteiger partial charge in [-0.25, -0.2) is 12.7 Å². The van der Waals surface area contributed by atoms with E-state index in [2.05, 4.69) is 5.32 Å². The molecule has 110 valence electrons. The van der Waals surface area contributed by atoms with Crippen LogP contribution >= 0.6 is 12.4 Å². The van der Waals surface area contributed by atoms with Crippen LogP contribution in [0, 0.1) is 0 Å². The van der Waals surface area contributed by atoms with Crippen molar-refractivity contribution < 1.29 is 13.2 Å². The number of nitrogens with one attached hydrogen (secondary N) is 1. The first-order chi connectivity index (χ1) is 7.97. The Morgan fingerprint density at radius 1 is 1.22 bits per heavy atom. The third-order valence-corrected chi connectivity index (χ3v) is 4.30. The third-order valence-electron chi connectivity index (χ3n) is 2.37. The van der Waals surface area contributed by atoms with E-state index in [4.69, 9.17) is 5.73 Å². The van der Waals surface area contributed by atoms with Crippen LogP contribution in [0.25, 0.3) is 0 Å². The average Bonchev–Trinajstić information content (AvgIpc) is 2.25. The maximum atomic E-state index is 11.7. The summed E-state index contributed by atoms with van der Waals surface area (Å²) in [6, 6.07) is 0. The van der Waals surface area contributed by atoms with Crippen LogP contribution < -0.4 is 11.1 Å². The van der Waals surface area contributed by atoms with Crippen molar-refractivity contribution in [2.45, 2.75) is 26.7 Å². The van der Waals surface area contributed by atoms with Gasteiger partial charge in [0.15, 0.2) is 0 Å². The Balaban J connectivity index is 0. The summed E-state index contributed by atoms with van der Waals surface area (Å²) in [6.45, 7) is 5.33. The summed E-state index contributed by atoms with van der Waals surface area (Å²) in [7, 11) is -3.47. The molecule has 0 unspecified atom stereocenters. The molecule has 0 rings (SSSR count). The van der Waals surface area contributed by atoms with Crippen LogP contribution in [0.3, 0.4) is 0 Å². The molecule has 0 spiro atoms. The topological polar surface area (TPSA) is 92.5 Å². The summed E-state index contributed by atoms with van der Waals surface area (Å²) in [6.07, 6.45) is 1.59. The van der Waals surface area contributed by atoms with E-state index in [1.165, 1.54) is 4.31 Å². The van der Waals surface area contributed by atoms with E-state index in [1.54, 1.807) is 13.8 Å². The molecule has 18 heavy (non-hydrogen) atoms. The minimum Gasteiger partial charge on any atom is -0.355 e. The Bertz CT molecular complexity index is 318. The van der Waals surface area contributed by atoms with E-state index >= 15 is 0 Å². The minimum absolute atomic E-state index is 0. The zero-order valence-corrected chi connectivity index (χ0v) is 12.6. The molecule has 3 N–H and O–H groups in total. The summed E-state index contributed by atoms with van der Waals surface area (Å²) in [5.74, 6) is -0.925. The average molecular weight is 302 g/mol. The number of rotatable bonds is 9. The Morgan fingerprint density at radius 2 is 1.78 bits per heavy atom. The molecule has 0 saturated heterocycles. The van der Waals surface area contributed by atoms with Crippen molar-refractivity contribution in [2.75, 3.05) is 31.9 Å². The molecule has 0 bridgehead atoms. The molecule has 8 heteroatoms. The molecular formula is C10H24ClN3O3S. The van der Waals surface area contributed by atoms with Crippen LogP contribution in [-0.2, 0) is 14.8 Å². The number of hydrogen-bond acceptors (Lipinski definition) is 4. The van der Waals surface area contributed by atoms with E-state index in [9.17, 15) is 13.2 Å². The summed E-state index contributed by atoms with van der Waals surface area (Å²) in [5.41, 5.74) is 5.31. The smallest absolute Gasteiger partial charge is 0.236 e. The summed E-state index contributed by atoms with van der Waals surface area (Å²) >= 11 is 0. The van der Waals surface area contributed by atoms with E-state index in [-0.39, 0.29) is 12.4 Å². The lowest BCUT2D eigenvalue weighted by molar-refractivity contribution is -0.118. The van der Waals surface area contributed by atoms with Crippen LogP contribution in [0.2, 0.25) is 0 Å². The van der Waals surface area contributed by atoms with Gasteiger partial charge < -0.3 is 11.1 Å². The lowest BCUT2D eigenvalue weighted by Crippen LogP contribution is -2.39. The maximum Gasteiger partial charge on any atom is 0.236 e. The van der Waals surface area contributed by atoms with Gasteiger partial charge in [0.05, 0.1) is 0 Å². The number of nitrogens with two attached hydrogens (primary N) is 1. The quantitative estimate of drug-likeness (QED) is 0.583. The number of halogens is 1. The molecular weight excluding hydrogens is 278 g/mol. The van der Waals surface area contributed by atoms with Gasteiger partial charge in [-0.15, -0.1) is 12.4 Å². The van der Waals surface area contributed by atoms with Gasteiger partial charge in [-0.2, -0.15) is 0 Å². The Labute approximate surface area is 116 Å². The molecule has 0 saturated carbocycles. The monoisotopic (exact) mass is 301 g/mol. The second kappa shape index (κ2) is 10.5. The summed E-state index contributed by atoms with van der Waals surface area (Å²) in [4.78, 5) is 11.4. The molecule has 0 aliphatic carbocycles. The van der Waals surface area contributed by atoms with Crippen molar-refractivity contribution in [1.82, 2.24) is 9.62 Å². The lowest BCUT2D eigenvalue weighted by Gasteiger charge is -2.17. The van der Waals surface area contributed by atoms with E-state index in [0.717, 1.165) is 12.8 Å². The highest BCUT2D eigenvalue weighted by Crippen LogP contribution is 2.00. The first-order valence-corrected chi connectivity index (χ1v) is 7.53. The molecule has 0 fully saturated rings. The number of sulfonamides is 1. The van der Waals surface area contributed by atoms with Gasteiger partial charge in [0, 0.05) is 19.6 Å². The number of nitrogens with zero attached hydrogens (tertiary/aromatic N) is 1. The standard InChI is InChI=1S/C10H23N3O3S.ClH/c1-3-13(4-2)17(15,16)9-10(14)12-8-6-5-7-11;/h3-9,11H2,1-2H3,(H,12,14);1H. The zero-order chi connectivity index (χ0) is 13.3. The van der Waals surface area contributed by atoms with E-state index in [0.29, 0.717) is 26.2 Å². The number of hydrogen-bond donors (Lipinski definition) is 2. The molecule has 1 amide bonds. The molecule has 0 radical (unpaired) electrons. The second-order valence-electron chi connectivity index (χ2n) is 3.69. The van der Waals surface area contributed by atoms with Crippen molar-refractivity contribution in [3.05, 3.63) is 0 Å². The first kappa shape index (κ1) is 20.0.